The first kappa shape index (κ1) is 18.5. The summed E-state index contributed by atoms with van der Waals surface area (Å²) in [6, 6.07) is 10.3. The molecular formula is C20H22N6OS. The summed E-state index contributed by atoms with van der Waals surface area (Å²) < 4.78 is 0. The minimum absolute atomic E-state index is 0.0571. The van der Waals surface area contributed by atoms with Crippen LogP contribution in [0.5, 0.6) is 0 Å². The lowest BCUT2D eigenvalue weighted by molar-refractivity contribution is -0.114. The molecule has 2 N–H and O–H groups in total. The Labute approximate surface area is 167 Å². The van der Waals surface area contributed by atoms with E-state index in [0.717, 1.165) is 42.4 Å². The Morgan fingerprint density at radius 2 is 2.07 bits per heavy atom. The zero-order chi connectivity index (χ0) is 19.3. The maximum Gasteiger partial charge on any atom is 0.229 e. The van der Waals surface area contributed by atoms with Crippen LogP contribution in [0, 0.1) is 0 Å². The number of carbonyl (C=O) groups excluding carboxylic acids is 1. The molecule has 1 aliphatic heterocycles. The molecule has 1 saturated heterocycles. The molecule has 0 spiro atoms. The van der Waals surface area contributed by atoms with Crippen molar-refractivity contribution in [1.82, 2.24) is 19.9 Å². The van der Waals surface area contributed by atoms with Crippen LogP contribution in [0.2, 0.25) is 0 Å². The smallest absolute Gasteiger partial charge is 0.229 e. The SMILES string of the molecule is CC(=O)Nc1ccc(CN2CCC[C@@H]2c2ccnc(Nc3nccs3)n2)cc1. The molecular weight excluding hydrogens is 372 g/mol. The normalized spacial score (nSPS) is 16.8. The van der Waals surface area contributed by atoms with Gasteiger partial charge in [-0.15, -0.1) is 11.3 Å². The molecule has 1 fully saturated rings. The van der Waals surface area contributed by atoms with Crippen LogP contribution in [0.1, 0.15) is 37.1 Å². The second-order valence-electron chi connectivity index (χ2n) is 6.77. The summed E-state index contributed by atoms with van der Waals surface area (Å²) in [4.78, 5) is 26.9. The number of likely N-dealkylation sites (tertiary alicyclic amines) is 1. The van der Waals surface area contributed by atoms with E-state index >= 15 is 0 Å². The number of rotatable bonds is 6. The van der Waals surface area contributed by atoms with Gasteiger partial charge in [0.05, 0.1) is 11.7 Å². The van der Waals surface area contributed by atoms with Gasteiger partial charge in [-0.25, -0.2) is 15.0 Å². The van der Waals surface area contributed by atoms with Crippen molar-refractivity contribution in [3.8, 4) is 0 Å². The molecule has 3 aromatic rings. The fourth-order valence-corrected chi connectivity index (χ4v) is 4.00. The maximum atomic E-state index is 11.2. The molecule has 28 heavy (non-hydrogen) atoms. The van der Waals surface area contributed by atoms with Gasteiger partial charge in [0.2, 0.25) is 11.9 Å². The van der Waals surface area contributed by atoms with Crippen LogP contribution in [0.4, 0.5) is 16.8 Å². The number of anilines is 3. The van der Waals surface area contributed by atoms with E-state index in [2.05, 4.69) is 37.6 Å². The molecule has 1 atom stereocenters. The van der Waals surface area contributed by atoms with E-state index < -0.39 is 0 Å². The Morgan fingerprint density at radius 3 is 2.82 bits per heavy atom. The lowest BCUT2D eigenvalue weighted by Gasteiger charge is -2.24. The second-order valence-corrected chi connectivity index (χ2v) is 7.67. The van der Waals surface area contributed by atoms with Gasteiger partial charge in [-0.1, -0.05) is 12.1 Å². The predicted molar refractivity (Wildman–Crippen MR) is 111 cm³/mol. The number of amides is 1. The van der Waals surface area contributed by atoms with Gasteiger partial charge < -0.3 is 10.6 Å². The van der Waals surface area contributed by atoms with Crippen LogP contribution < -0.4 is 10.6 Å². The van der Waals surface area contributed by atoms with Gasteiger partial charge in [-0.2, -0.15) is 0 Å². The van der Waals surface area contributed by atoms with E-state index in [0.29, 0.717) is 5.95 Å². The highest BCUT2D eigenvalue weighted by molar-refractivity contribution is 7.13. The Morgan fingerprint density at radius 1 is 1.21 bits per heavy atom. The summed E-state index contributed by atoms with van der Waals surface area (Å²) in [6.45, 7) is 3.41. The van der Waals surface area contributed by atoms with Gasteiger partial charge in [-0.3, -0.25) is 9.69 Å². The number of carbonyl (C=O) groups is 1. The highest BCUT2D eigenvalue weighted by atomic mass is 32.1. The highest BCUT2D eigenvalue weighted by Gasteiger charge is 2.27. The molecule has 0 unspecified atom stereocenters. The van der Waals surface area contributed by atoms with Crippen LogP contribution in [0.15, 0.2) is 48.1 Å². The van der Waals surface area contributed by atoms with E-state index in [1.54, 1.807) is 12.4 Å². The second kappa shape index (κ2) is 8.45. The molecule has 144 valence electrons. The van der Waals surface area contributed by atoms with Crippen molar-refractivity contribution in [3.63, 3.8) is 0 Å². The van der Waals surface area contributed by atoms with Crippen molar-refractivity contribution in [2.45, 2.75) is 32.4 Å². The van der Waals surface area contributed by atoms with Crippen LogP contribution in [-0.2, 0) is 11.3 Å². The molecule has 3 heterocycles. The van der Waals surface area contributed by atoms with Crippen molar-refractivity contribution in [2.75, 3.05) is 17.2 Å². The van der Waals surface area contributed by atoms with Crippen LogP contribution in [0.25, 0.3) is 0 Å². The summed E-state index contributed by atoms with van der Waals surface area (Å²) in [6.07, 6.45) is 5.79. The molecule has 0 aliphatic carbocycles. The number of thiazole rings is 1. The Hall–Kier alpha value is -2.84. The van der Waals surface area contributed by atoms with Gasteiger partial charge in [0.15, 0.2) is 5.13 Å². The first-order valence-corrected chi connectivity index (χ1v) is 10.2. The third kappa shape index (κ3) is 4.52. The number of nitrogens with one attached hydrogen (secondary N) is 2. The first-order valence-electron chi connectivity index (χ1n) is 9.27. The van der Waals surface area contributed by atoms with Crippen LogP contribution in [-0.4, -0.2) is 32.3 Å². The van der Waals surface area contributed by atoms with Gasteiger partial charge in [0.1, 0.15) is 0 Å². The maximum absolute atomic E-state index is 11.2. The topological polar surface area (TPSA) is 83.0 Å². The summed E-state index contributed by atoms with van der Waals surface area (Å²) in [5.74, 6) is 0.525. The lowest BCUT2D eigenvalue weighted by atomic mass is 10.1. The van der Waals surface area contributed by atoms with E-state index in [1.165, 1.54) is 23.8 Å². The van der Waals surface area contributed by atoms with Crippen molar-refractivity contribution >= 4 is 34.0 Å². The van der Waals surface area contributed by atoms with E-state index in [1.807, 2.05) is 23.6 Å². The van der Waals surface area contributed by atoms with Crippen molar-refractivity contribution in [2.24, 2.45) is 0 Å². The minimum atomic E-state index is -0.0571. The fourth-order valence-electron chi connectivity index (χ4n) is 3.48. The van der Waals surface area contributed by atoms with E-state index in [9.17, 15) is 4.79 Å². The zero-order valence-electron chi connectivity index (χ0n) is 15.6. The molecule has 8 heteroatoms. The quantitative estimate of drug-likeness (QED) is 0.658. The van der Waals surface area contributed by atoms with Gasteiger partial charge in [0, 0.05) is 36.9 Å². The zero-order valence-corrected chi connectivity index (χ0v) is 16.4. The first-order chi connectivity index (χ1) is 13.7. The largest absolute Gasteiger partial charge is 0.326 e. The van der Waals surface area contributed by atoms with E-state index in [4.69, 9.17) is 4.98 Å². The highest BCUT2D eigenvalue weighted by Crippen LogP contribution is 2.32. The molecule has 4 rings (SSSR count). The average molecular weight is 395 g/mol. The monoisotopic (exact) mass is 394 g/mol. The standard InChI is InChI=1S/C20H22N6OS/c1-14(27)23-16-6-4-15(5-7-16)13-26-11-2-3-18(26)17-8-9-21-19(24-17)25-20-22-10-12-28-20/h4-10,12,18H,2-3,11,13H2,1H3,(H,23,27)(H,21,22,24,25)/t18-/m1/s1. The third-order valence-corrected chi connectivity index (χ3v) is 5.38. The number of hydrogen-bond donors (Lipinski definition) is 2. The minimum Gasteiger partial charge on any atom is -0.326 e. The van der Waals surface area contributed by atoms with Crippen molar-refractivity contribution in [3.05, 3.63) is 59.4 Å². The number of benzene rings is 1. The molecule has 1 aromatic carbocycles. The summed E-state index contributed by atoms with van der Waals surface area (Å²) in [5.41, 5.74) is 3.07. The Bertz CT molecular complexity index is 928. The molecule has 0 radical (unpaired) electrons. The predicted octanol–water partition coefficient (Wildman–Crippen LogP) is 3.97. The molecule has 1 aliphatic rings. The van der Waals surface area contributed by atoms with Crippen LogP contribution >= 0.6 is 11.3 Å². The third-order valence-electron chi connectivity index (χ3n) is 4.69. The van der Waals surface area contributed by atoms with Gasteiger partial charge in [0.25, 0.3) is 0 Å². The van der Waals surface area contributed by atoms with Gasteiger partial charge >= 0.3 is 0 Å². The van der Waals surface area contributed by atoms with E-state index in [-0.39, 0.29) is 11.9 Å². The number of nitrogens with zero attached hydrogens (tertiary/aromatic N) is 4. The molecule has 0 bridgehead atoms. The van der Waals surface area contributed by atoms with Gasteiger partial charge in [-0.05, 0) is 43.1 Å². The molecule has 1 amide bonds. The summed E-state index contributed by atoms with van der Waals surface area (Å²) in [5, 5.41) is 8.68. The molecule has 7 nitrogen and oxygen atoms in total. The molecule has 0 saturated carbocycles. The van der Waals surface area contributed by atoms with Crippen LogP contribution in [0.3, 0.4) is 0 Å². The summed E-state index contributed by atoms with van der Waals surface area (Å²) in [7, 11) is 0. The Kier molecular flexibility index (Phi) is 5.59. The number of aromatic nitrogens is 3. The van der Waals surface area contributed by atoms with Crippen molar-refractivity contribution in [1.29, 1.82) is 0 Å². The Balaban J connectivity index is 1.45. The lowest BCUT2D eigenvalue weighted by Crippen LogP contribution is -2.23. The number of hydrogen-bond acceptors (Lipinski definition) is 7. The summed E-state index contributed by atoms with van der Waals surface area (Å²) >= 11 is 1.52. The van der Waals surface area contributed by atoms with Crippen molar-refractivity contribution < 1.29 is 4.79 Å². The molecule has 2 aromatic heterocycles. The fraction of sp³-hybridized carbons (Fsp3) is 0.300. The average Bonchev–Trinajstić information content (AvgIpc) is 3.35.